The minimum Gasteiger partial charge on any atom is -0.313 e. The van der Waals surface area contributed by atoms with Gasteiger partial charge < -0.3 is 5.32 Å². The average molecular weight is 316 g/mol. The van der Waals surface area contributed by atoms with E-state index < -0.39 is 0 Å². The van der Waals surface area contributed by atoms with Crippen LogP contribution in [0, 0.1) is 23.6 Å². The van der Waals surface area contributed by atoms with Crippen LogP contribution in [-0.2, 0) is 0 Å². The van der Waals surface area contributed by atoms with Crippen molar-refractivity contribution in [2.24, 2.45) is 17.8 Å². The molecule has 0 radical (unpaired) electrons. The third-order valence-electron chi connectivity index (χ3n) is 3.55. The summed E-state index contributed by atoms with van der Waals surface area (Å²) in [6.45, 7) is 8.80. The first kappa shape index (κ1) is 15.6. The van der Waals surface area contributed by atoms with E-state index in [0.29, 0.717) is 22.2 Å². The maximum atomic E-state index is 14.2. The van der Waals surface area contributed by atoms with E-state index in [1.807, 2.05) is 19.2 Å². The van der Waals surface area contributed by atoms with Crippen molar-refractivity contribution in [3.63, 3.8) is 0 Å². The molecule has 0 heterocycles. The van der Waals surface area contributed by atoms with E-state index in [9.17, 15) is 4.39 Å². The van der Waals surface area contributed by atoms with E-state index >= 15 is 0 Å². The molecule has 0 aliphatic rings. The Morgan fingerprint density at radius 1 is 1.11 bits per heavy atom. The van der Waals surface area contributed by atoms with Gasteiger partial charge in [-0.3, -0.25) is 0 Å². The molecule has 0 amide bonds. The number of benzene rings is 1. The molecule has 1 nitrogen and oxygen atoms in total. The zero-order chi connectivity index (χ0) is 13.9. The highest BCUT2D eigenvalue weighted by Crippen LogP contribution is 2.36. The first-order valence-electron chi connectivity index (χ1n) is 6.51. The largest absolute Gasteiger partial charge is 0.313 e. The quantitative estimate of drug-likeness (QED) is 0.824. The normalized spacial score (nSPS) is 13.7. The summed E-state index contributed by atoms with van der Waals surface area (Å²) in [5.41, 5.74) is 0.749. The van der Waals surface area contributed by atoms with Crippen LogP contribution in [0.2, 0.25) is 0 Å². The van der Waals surface area contributed by atoms with Crippen LogP contribution in [0.25, 0.3) is 0 Å². The van der Waals surface area contributed by atoms with Gasteiger partial charge in [0.2, 0.25) is 0 Å². The summed E-state index contributed by atoms with van der Waals surface area (Å²) in [5.74, 6) is 1.25. The van der Waals surface area contributed by atoms with Crippen LogP contribution in [-0.4, -0.2) is 7.05 Å². The van der Waals surface area contributed by atoms with Gasteiger partial charge >= 0.3 is 0 Å². The standard InChI is InChI=1S/C15H23BrFN/c1-9(2)13(10(3)4)15(18-5)11-7-6-8-12(16)14(11)17/h6-10,13,15,18H,1-5H3. The predicted octanol–water partition coefficient (Wildman–Crippen LogP) is 4.78. The van der Waals surface area contributed by atoms with E-state index in [2.05, 4.69) is 48.9 Å². The summed E-state index contributed by atoms with van der Waals surface area (Å²) >= 11 is 3.26. The Kier molecular flexibility index (Phi) is 5.80. The molecule has 0 bridgehead atoms. The summed E-state index contributed by atoms with van der Waals surface area (Å²) in [6.07, 6.45) is 0. The van der Waals surface area contributed by atoms with Gasteiger partial charge in [0.1, 0.15) is 5.82 Å². The fraction of sp³-hybridized carbons (Fsp3) is 0.600. The maximum Gasteiger partial charge on any atom is 0.142 e. The average Bonchev–Trinajstić information content (AvgIpc) is 2.28. The molecule has 0 aliphatic carbocycles. The van der Waals surface area contributed by atoms with Crippen LogP contribution >= 0.6 is 15.9 Å². The minimum absolute atomic E-state index is 0.0440. The number of halogens is 2. The van der Waals surface area contributed by atoms with Crippen LogP contribution < -0.4 is 5.32 Å². The lowest BCUT2D eigenvalue weighted by molar-refractivity contribution is 0.213. The Bertz CT molecular complexity index is 382. The Hall–Kier alpha value is -0.410. The van der Waals surface area contributed by atoms with Gasteiger partial charge in [-0.1, -0.05) is 39.8 Å². The molecule has 3 heteroatoms. The monoisotopic (exact) mass is 315 g/mol. The molecule has 1 rings (SSSR count). The molecule has 102 valence electrons. The predicted molar refractivity (Wildman–Crippen MR) is 79.1 cm³/mol. The number of nitrogens with one attached hydrogen (secondary N) is 1. The van der Waals surface area contributed by atoms with Crippen molar-refractivity contribution in [2.75, 3.05) is 7.05 Å². The van der Waals surface area contributed by atoms with Crippen LogP contribution in [0.3, 0.4) is 0 Å². The molecule has 0 aromatic heterocycles. The van der Waals surface area contributed by atoms with Crippen molar-refractivity contribution < 1.29 is 4.39 Å². The van der Waals surface area contributed by atoms with Crippen LogP contribution in [0.5, 0.6) is 0 Å². The Labute approximate surface area is 118 Å². The van der Waals surface area contributed by atoms with E-state index in [1.54, 1.807) is 6.07 Å². The summed E-state index contributed by atoms with van der Waals surface area (Å²) in [6, 6.07) is 5.55. The molecular weight excluding hydrogens is 293 g/mol. The van der Waals surface area contributed by atoms with Crippen molar-refractivity contribution in [1.29, 1.82) is 0 Å². The molecule has 1 N–H and O–H groups in total. The van der Waals surface area contributed by atoms with Gasteiger partial charge in [0.25, 0.3) is 0 Å². The molecule has 0 aliphatic heterocycles. The second-order valence-electron chi connectivity index (χ2n) is 5.47. The van der Waals surface area contributed by atoms with Gasteiger partial charge in [-0.2, -0.15) is 0 Å². The van der Waals surface area contributed by atoms with E-state index in [4.69, 9.17) is 0 Å². The Morgan fingerprint density at radius 2 is 1.67 bits per heavy atom. The van der Waals surface area contributed by atoms with E-state index in [-0.39, 0.29) is 11.9 Å². The maximum absolute atomic E-state index is 14.2. The lowest BCUT2D eigenvalue weighted by Gasteiger charge is -2.34. The van der Waals surface area contributed by atoms with Gasteiger partial charge in [0.15, 0.2) is 0 Å². The third-order valence-corrected chi connectivity index (χ3v) is 4.16. The first-order valence-corrected chi connectivity index (χ1v) is 7.30. The van der Waals surface area contributed by atoms with E-state index in [1.165, 1.54) is 0 Å². The number of rotatable bonds is 5. The summed E-state index contributed by atoms with van der Waals surface area (Å²) in [7, 11) is 1.91. The van der Waals surface area contributed by atoms with Gasteiger partial charge in [-0.05, 0) is 46.8 Å². The highest BCUT2D eigenvalue weighted by atomic mass is 79.9. The molecular formula is C15H23BrFN. The zero-order valence-corrected chi connectivity index (χ0v) is 13.4. The number of hydrogen-bond donors (Lipinski definition) is 1. The second-order valence-corrected chi connectivity index (χ2v) is 6.33. The van der Waals surface area contributed by atoms with Crippen molar-refractivity contribution in [3.05, 3.63) is 34.1 Å². The summed E-state index contributed by atoms with van der Waals surface area (Å²) in [4.78, 5) is 0. The molecule has 0 spiro atoms. The molecule has 0 saturated carbocycles. The third kappa shape index (κ3) is 3.33. The molecule has 1 unspecified atom stereocenters. The second kappa shape index (κ2) is 6.67. The first-order chi connectivity index (χ1) is 8.40. The zero-order valence-electron chi connectivity index (χ0n) is 11.8. The lowest BCUT2D eigenvalue weighted by Crippen LogP contribution is -2.32. The van der Waals surface area contributed by atoms with Crippen molar-refractivity contribution in [2.45, 2.75) is 33.7 Å². The van der Waals surface area contributed by atoms with Gasteiger partial charge in [-0.15, -0.1) is 0 Å². The van der Waals surface area contributed by atoms with Crippen LogP contribution in [0.15, 0.2) is 22.7 Å². The minimum atomic E-state index is -0.150. The SMILES string of the molecule is CNC(c1cccc(Br)c1F)C(C(C)C)C(C)C. The van der Waals surface area contributed by atoms with Gasteiger partial charge in [-0.25, -0.2) is 4.39 Å². The van der Waals surface area contributed by atoms with Crippen LogP contribution in [0.4, 0.5) is 4.39 Å². The number of hydrogen-bond acceptors (Lipinski definition) is 1. The smallest absolute Gasteiger partial charge is 0.142 e. The molecule has 0 fully saturated rings. The highest BCUT2D eigenvalue weighted by molar-refractivity contribution is 9.10. The molecule has 18 heavy (non-hydrogen) atoms. The lowest BCUT2D eigenvalue weighted by atomic mass is 9.77. The summed E-state index contributed by atoms with van der Waals surface area (Å²) in [5, 5.41) is 3.29. The fourth-order valence-corrected chi connectivity index (χ4v) is 3.24. The Morgan fingerprint density at radius 3 is 2.11 bits per heavy atom. The van der Waals surface area contributed by atoms with Crippen molar-refractivity contribution in [3.8, 4) is 0 Å². The van der Waals surface area contributed by atoms with Crippen molar-refractivity contribution >= 4 is 15.9 Å². The van der Waals surface area contributed by atoms with Crippen molar-refractivity contribution in [1.82, 2.24) is 5.32 Å². The molecule has 1 aromatic rings. The Balaban J connectivity index is 3.19. The molecule has 1 atom stereocenters. The molecule has 0 saturated heterocycles. The topological polar surface area (TPSA) is 12.0 Å². The highest BCUT2D eigenvalue weighted by Gasteiger charge is 2.29. The van der Waals surface area contributed by atoms with Gasteiger partial charge in [0.05, 0.1) is 4.47 Å². The van der Waals surface area contributed by atoms with Crippen LogP contribution in [0.1, 0.15) is 39.3 Å². The summed E-state index contributed by atoms with van der Waals surface area (Å²) < 4.78 is 14.8. The molecule has 1 aromatic carbocycles. The fourth-order valence-electron chi connectivity index (χ4n) is 2.86. The van der Waals surface area contributed by atoms with E-state index in [0.717, 1.165) is 5.56 Å². The van der Waals surface area contributed by atoms with Gasteiger partial charge in [0, 0.05) is 11.6 Å².